The van der Waals surface area contributed by atoms with Crippen LogP contribution in [0.2, 0.25) is 0 Å². The molecule has 0 aliphatic rings. The van der Waals surface area contributed by atoms with Crippen molar-refractivity contribution in [2.24, 2.45) is 4.99 Å². The number of nitrogens with one attached hydrogen (secondary N) is 1. The molecule has 0 saturated carbocycles. The van der Waals surface area contributed by atoms with E-state index in [-0.39, 0.29) is 5.82 Å². The summed E-state index contributed by atoms with van der Waals surface area (Å²) in [7, 11) is 7.01. The third-order valence-corrected chi connectivity index (χ3v) is 4.87. The topological polar surface area (TPSA) is 63.9 Å². The molecule has 0 fully saturated rings. The Labute approximate surface area is 182 Å². The Kier molecular flexibility index (Phi) is 7.48. The van der Waals surface area contributed by atoms with Crippen LogP contribution in [-0.2, 0) is 13.0 Å². The largest absolute Gasteiger partial charge is 0.497 e. The van der Waals surface area contributed by atoms with Gasteiger partial charge in [-0.1, -0.05) is 0 Å². The molecule has 1 heterocycles. The van der Waals surface area contributed by atoms with Gasteiger partial charge < -0.3 is 19.7 Å². The number of hydrogen-bond donors (Lipinski definition) is 1. The number of nitrogens with zero attached hydrogens (tertiary/aromatic N) is 4. The van der Waals surface area contributed by atoms with Gasteiger partial charge in [0.1, 0.15) is 17.3 Å². The van der Waals surface area contributed by atoms with Crippen LogP contribution < -0.4 is 14.8 Å². The number of methoxy groups -OCH3 is 2. The Balaban J connectivity index is 1.55. The maximum absolute atomic E-state index is 13.1. The smallest absolute Gasteiger partial charge is 0.193 e. The van der Waals surface area contributed by atoms with Crippen molar-refractivity contribution in [3.63, 3.8) is 0 Å². The summed E-state index contributed by atoms with van der Waals surface area (Å²) in [5.74, 6) is 2.04. The van der Waals surface area contributed by atoms with Crippen molar-refractivity contribution < 1.29 is 13.9 Å². The van der Waals surface area contributed by atoms with E-state index < -0.39 is 0 Å². The highest BCUT2D eigenvalue weighted by Crippen LogP contribution is 2.25. The van der Waals surface area contributed by atoms with Gasteiger partial charge in [-0.05, 0) is 42.5 Å². The van der Waals surface area contributed by atoms with E-state index in [0.29, 0.717) is 13.1 Å². The molecule has 0 aliphatic carbocycles. The summed E-state index contributed by atoms with van der Waals surface area (Å²) in [5, 5.41) is 7.92. The van der Waals surface area contributed by atoms with E-state index >= 15 is 0 Å². The van der Waals surface area contributed by atoms with Crippen LogP contribution in [0.15, 0.2) is 59.7 Å². The molecule has 0 spiro atoms. The number of benzene rings is 2. The van der Waals surface area contributed by atoms with E-state index in [1.807, 2.05) is 42.4 Å². The molecule has 1 N–H and O–H groups in total. The molecular formula is C23H28FN5O2. The molecule has 0 atom stereocenters. The van der Waals surface area contributed by atoms with Crippen LogP contribution in [-0.4, -0.2) is 55.5 Å². The minimum atomic E-state index is -0.261. The summed E-state index contributed by atoms with van der Waals surface area (Å²) < 4.78 is 25.6. The molecular weight excluding hydrogens is 397 g/mol. The second-order valence-electron chi connectivity index (χ2n) is 6.99. The van der Waals surface area contributed by atoms with E-state index in [1.165, 1.54) is 12.1 Å². The third-order valence-electron chi connectivity index (χ3n) is 4.87. The average molecular weight is 426 g/mol. The van der Waals surface area contributed by atoms with Gasteiger partial charge in [-0.15, -0.1) is 0 Å². The second kappa shape index (κ2) is 10.5. The van der Waals surface area contributed by atoms with Gasteiger partial charge in [0, 0.05) is 51.4 Å². The fraction of sp³-hybridized carbons (Fsp3) is 0.304. The number of aromatic nitrogens is 2. The summed E-state index contributed by atoms with van der Waals surface area (Å²) in [6.07, 6.45) is 2.60. The van der Waals surface area contributed by atoms with Gasteiger partial charge >= 0.3 is 0 Å². The molecule has 3 aromatic rings. The van der Waals surface area contributed by atoms with E-state index in [9.17, 15) is 4.39 Å². The summed E-state index contributed by atoms with van der Waals surface area (Å²) in [6.45, 7) is 1.31. The average Bonchev–Trinajstić information content (AvgIpc) is 3.26. The third kappa shape index (κ3) is 5.75. The number of ether oxygens (including phenoxy) is 2. The molecule has 1 aromatic heterocycles. The van der Waals surface area contributed by atoms with Crippen molar-refractivity contribution in [2.45, 2.75) is 13.0 Å². The van der Waals surface area contributed by atoms with Gasteiger partial charge in [-0.3, -0.25) is 4.99 Å². The van der Waals surface area contributed by atoms with E-state index in [0.717, 1.165) is 40.8 Å². The van der Waals surface area contributed by atoms with Crippen molar-refractivity contribution in [3.05, 3.63) is 71.8 Å². The predicted molar refractivity (Wildman–Crippen MR) is 120 cm³/mol. The zero-order valence-electron chi connectivity index (χ0n) is 18.3. The highest BCUT2D eigenvalue weighted by molar-refractivity contribution is 5.79. The van der Waals surface area contributed by atoms with Crippen molar-refractivity contribution in [1.29, 1.82) is 0 Å². The summed E-state index contributed by atoms with van der Waals surface area (Å²) >= 11 is 0. The fourth-order valence-electron chi connectivity index (χ4n) is 3.23. The molecule has 0 aliphatic heterocycles. The molecule has 0 saturated heterocycles. The molecule has 0 bridgehead atoms. The van der Waals surface area contributed by atoms with Gasteiger partial charge in [-0.25, -0.2) is 9.07 Å². The van der Waals surface area contributed by atoms with Crippen LogP contribution in [0.3, 0.4) is 0 Å². The van der Waals surface area contributed by atoms with Gasteiger partial charge in [0.25, 0.3) is 0 Å². The number of aliphatic imine (C=N–C) groups is 1. The van der Waals surface area contributed by atoms with E-state index in [1.54, 1.807) is 38.1 Å². The lowest BCUT2D eigenvalue weighted by Gasteiger charge is -2.23. The summed E-state index contributed by atoms with van der Waals surface area (Å²) in [5.41, 5.74) is 2.79. The normalized spacial score (nSPS) is 11.3. The highest BCUT2D eigenvalue weighted by atomic mass is 19.1. The number of rotatable bonds is 8. The Morgan fingerprint density at radius 1 is 1.13 bits per heavy atom. The minimum absolute atomic E-state index is 0.261. The van der Waals surface area contributed by atoms with Crippen LogP contribution in [0, 0.1) is 5.82 Å². The molecule has 2 aromatic carbocycles. The maximum Gasteiger partial charge on any atom is 0.193 e. The highest BCUT2D eigenvalue weighted by Gasteiger charge is 2.11. The molecule has 0 radical (unpaired) electrons. The first-order valence-electron chi connectivity index (χ1n) is 9.97. The van der Waals surface area contributed by atoms with Crippen LogP contribution in [0.5, 0.6) is 11.5 Å². The SMILES string of the molecule is CN=C(NCCc1ccn(-c2ccc(F)cc2)n1)N(C)Cc1ccc(OC)cc1OC. The van der Waals surface area contributed by atoms with Crippen molar-refractivity contribution in [2.75, 3.05) is 34.9 Å². The number of halogens is 1. The quantitative estimate of drug-likeness (QED) is 0.443. The van der Waals surface area contributed by atoms with Crippen LogP contribution >= 0.6 is 0 Å². The Hall–Kier alpha value is -3.55. The Bertz CT molecular complexity index is 1020. The molecule has 0 unspecified atom stereocenters. The van der Waals surface area contributed by atoms with Crippen molar-refractivity contribution in [3.8, 4) is 17.2 Å². The number of guanidine groups is 1. The second-order valence-corrected chi connectivity index (χ2v) is 6.99. The van der Waals surface area contributed by atoms with Crippen LogP contribution in [0.4, 0.5) is 4.39 Å². The zero-order valence-corrected chi connectivity index (χ0v) is 18.3. The van der Waals surface area contributed by atoms with Crippen LogP contribution in [0.25, 0.3) is 5.69 Å². The van der Waals surface area contributed by atoms with Crippen molar-refractivity contribution >= 4 is 5.96 Å². The monoisotopic (exact) mass is 425 g/mol. The van der Waals surface area contributed by atoms with Crippen molar-refractivity contribution in [1.82, 2.24) is 20.0 Å². The molecule has 7 nitrogen and oxygen atoms in total. The van der Waals surface area contributed by atoms with Gasteiger partial charge in [-0.2, -0.15) is 5.10 Å². The lowest BCUT2D eigenvalue weighted by molar-refractivity contribution is 0.382. The van der Waals surface area contributed by atoms with Gasteiger partial charge in [0.05, 0.1) is 25.6 Å². The fourth-order valence-corrected chi connectivity index (χ4v) is 3.23. The standard InChI is InChI=1S/C23H28FN5O2/c1-25-23(28(2)16-17-5-10-21(30-3)15-22(17)31-4)26-13-11-19-12-14-29(27-19)20-8-6-18(24)7-9-20/h5-10,12,14-15H,11,13,16H2,1-4H3,(H,25,26). The summed E-state index contributed by atoms with van der Waals surface area (Å²) in [6, 6.07) is 14.0. The molecule has 0 amide bonds. The van der Waals surface area contributed by atoms with Gasteiger partial charge in [0.15, 0.2) is 5.96 Å². The van der Waals surface area contributed by atoms with Crippen LogP contribution in [0.1, 0.15) is 11.3 Å². The lowest BCUT2D eigenvalue weighted by atomic mass is 10.2. The zero-order chi connectivity index (χ0) is 22.2. The molecule has 31 heavy (non-hydrogen) atoms. The van der Waals surface area contributed by atoms with E-state index in [4.69, 9.17) is 9.47 Å². The molecule has 3 rings (SSSR count). The summed E-state index contributed by atoms with van der Waals surface area (Å²) in [4.78, 5) is 6.40. The Morgan fingerprint density at radius 3 is 2.58 bits per heavy atom. The lowest BCUT2D eigenvalue weighted by Crippen LogP contribution is -2.39. The maximum atomic E-state index is 13.1. The minimum Gasteiger partial charge on any atom is -0.497 e. The van der Waals surface area contributed by atoms with Gasteiger partial charge in [0.2, 0.25) is 0 Å². The molecule has 164 valence electrons. The first-order chi connectivity index (χ1) is 15.0. The molecule has 8 heteroatoms. The van der Waals surface area contributed by atoms with E-state index in [2.05, 4.69) is 15.4 Å². The first kappa shape index (κ1) is 22.1. The first-order valence-corrected chi connectivity index (χ1v) is 9.97. The predicted octanol–water partition coefficient (Wildman–Crippen LogP) is 3.28. The Morgan fingerprint density at radius 2 is 1.90 bits per heavy atom. The number of hydrogen-bond acceptors (Lipinski definition) is 4.